The molecule has 7 rings (SSSR count). The lowest BCUT2D eigenvalue weighted by Crippen LogP contribution is -2.46. The van der Waals surface area contributed by atoms with Gasteiger partial charge in [0.15, 0.2) is 0 Å². The van der Waals surface area contributed by atoms with Gasteiger partial charge in [0.1, 0.15) is 61.2 Å². The number of amides is 1. The number of halogens is 2. The Hall–Kier alpha value is -6.72. The largest absolute Gasteiger partial charge is 0.511 e. The first-order chi connectivity index (χ1) is 33.4. The van der Waals surface area contributed by atoms with Crippen molar-refractivity contribution < 1.29 is 65.7 Å². The predicted octanol–water partition coefficient (Wildman–Crippen LogP) is 4.19. The number of phosphoric ester groups is 1. The fourth-order valence-electron chi connectivity index (χ4n) is 8.40. The fraction of sp³-hybridized carbons (Fsp3) is 0.444. The Morgan fingerprint density at radius 2 is 1.57 bits per heavy atom. The zero-order chi connectivity index (χ0) is 50.2. The lowest BCUT2D eigenvalue weighted by atomic mass is 9.87. The highest BCUT2D eigenvalue weighted by Crippen LogP contribution is 2.42. The zero-order valence-corrected chi connectivity index (χ0v) is 39.7. The molecule has 4 heterocycles. The second-order valence-electron chi connectivity index (χ2n) is 16.9. The Bertz CT molecular complexity index is 2680. The molecule has 3 aromatic carbocycles. The lowest BCUT2D eigenvalue weighted by Gasteiger charge is -2.37. The summed E-state index contributed by atoms with van der Waals surface area (Å²) in [6.45, 7) is 6.88. The number of piperazine rings is 1. The third kappa shape index (κ3) is 12.9. The molecule has 5 aromatic rings. The van der Waals surface area contributed by atoms with Crippen LogP contribution in [0, 0.1) is 17.6 Å². The smallest absolute Gasteiger partial charge is 0.493 e. The van der Waals surface area contributed by atoms with Crippen molar-refractivity contribution in [3.05, 3.63) is 113 Å². The van der Waals surface area contributed by atoms with Gasteiger partial charge in [-0.3, -0.25) is 14.1 Å². The maximum absolute atomic E-state index is 15.1. The van der Waals surface area contributed by atoms with Crippen LogP contribution in [-0.2, 0) is 49.8 Å². The van der Waals surface area contributed by atoms with Gasteiger partial charge >= 0.3 is 25.6 Å². The molecule has 0 aliphatic carbocycles. The van der Waals surface area contributed by atoms with Crippen LogP contribution in [0.1, 0.15) is 45.2 Å². The number of anilines is 2. The quantitative estimate of drug-likeness (QED) is 0.0631. The molecule has 0 bridgehead atoms. The van der Waals surface area contributed by atoms with Crippen molar-refractivity contribution in [3.8, 4) is 11.4 Å². The van der Waals surface area contributed by atoms with E-state index in [-0.39, 0.29) is 18.0 Å². The third-order valence-electron chi connectivity index (χ3n) is 11.9. The second-order valence-corrected chi connectivity index (χ2v) is 18.1. The van der Waals surface area contributed by atoms with Gasteiger partial charge in [-0.15, -0.1) is 0 Å². The summed E-state index contributed by atoms with van der Waals surface area (Å²) < 4.78 is 75.8. The SMILES string of the molecule is CC[C@@H]([C@H](C)OC(=O)OC(C)OC(=O)CN(C)C(=O)COP(=O)(O)O)n1ncn(-c2ccc(N3CCN(c4ccc(OCC5CO[C@@](Cn6cncn6)(c6ccc(F)cc6F)C5)cc4)CC3)cc2)c1=O. The molecule has 2 saturated heterocycles. The van der Waals surface area contributed by atoms with Crippen molar-refractivity contribution >= 4 is 37.2 Å². The number of carbonyl (C=O) groups excluding carboxylic acids is 3. The van der Waals surface area contributed by atoms with Crippen LogP contribution in [0.5, 0.6) is 5.75 Å². The molecule has 2 aliphatic rings. The zero-order valence-electron chi connectivity index (χ0n) is 38.8. The summed E-state index contributed by atoms with van der Waals surface area (Å²) in [5.41, 5.74) is 1.35. The number of nitrogens with zero attached hydrogens (tertiary/aromatic N) is 9. The van der Waals surface area contributed by atoms with Gasteiger partial charge in [0.25, 0.3) is 0 Å². The third-order valence-corrected chi connectivity index (χ3v) is 12.4. The van der Waals surface area contributed by atoms with Crippen LogP contribution in [-0.4, -0.2) is 134 Å². The number of ether oxygens (including phenoxy) is 5. The summed E-state index contributed by atoms with van der Waals surface area (Å²) in [5, 5.41) is 8.48. The number of aromatic nitrogens is 6. The second kappa shape index (κ2) is 22.4. The van der Waals surface area contributed by atoms with E-state index in [1.807, 2.05) is 48.5 Å². The molecule has 2 aromatic heterocycles. The highest BCUT2D eigenvalue weighted by molar-refractivity contribution is 7.46. The fourth-order valence-corrected chi connectivity index (χ4v) is 8.68. The molecule has 0 spiro atoms. The van der Waals surface area contributed by atoms with Gasteiger partial charge in [-0.2, -0.15) is 10.2 Å². The minimum Gasteiger partial charge on any atom is -0.493 e. The van der Waals surface area contributed by atoms with E-state index in [9.17, 15) is 28.1 Å². The first-order valence-corrected chi connectivity index (χ1v) is 23.9. The van der Waals surface area contributed by atoms with E-state index in [1.165, 1.54) is 54.3 Å². The van der Waals surface area contributed by atoms with Crippen LogP contribution < -0.4 is 20.2 Å². The van der Waals surface area contributed by atoms with E-state index >= 15 is 4.39 Å². The van der Waals surface area contributed by atoms with E-state index in [2.05, 4.69) is 29.5 Å². The molecular formula is C45H54F2N9O13P. The average molecular weight is 998 g/mol. The molecule has 5 atom stereocenters. The van der Waals surface area contributed by atoms with Gasteiger partial charge in [0.05, 0.1) is 31.5 Å². The molecule has 22 nitrogen and oxygen atoms in total. The molecule has 2 fully saturated rings. The predicted molar refractivity (Wildman–Crippen MR) is 244 cm³/mol. The lowest BCUT2D eigenvalue weighted by molar-refractivity contribution is -0.171. The minimum atomic E-state index is -4.89. The van der Waals surface area contributed by atoms with E-state index in [1.54, 1.807) is 18.5 Å². The molecule has 2 unspecified atom stereocenters. The maximum atomic E-state index is 15.1. The van der Waals surface area contributed by atoms with E-state index in [0.717, 1.165) is 48.5 Å². The Morgan fingerprint density at radius 1 is 0.914 bits per heavy atom. The van der Waals surface area contributed by atoms with Crippen LogP contribution in [0.2, 0.25) is 0 Å². The number of rotatable bonds is 20. The maximum Gasteiger partial charge on any atom is 0.511 e. The van der Waals surface area contributed by atoms with Crippen molar-refractivity contribution in [2.24, 2.45) is 5.92 Å². The molecule has 0 radical (unpaired) electrons. The van der Waals surface area contributed by atoms with Crippen molar-refractivity contribution in [1.29, 1.82) is 0 Å². The summed E-state index contributed by atoms with van der Waals surface area (Å²) in [4.78, 5) is 77.2. The van der Waals surface area contributed by atoms with Gasteiger partial charge in [-0.25, -0.2) is 41.8 Å². The Labute approximate surface area is 400 Å². The topological polar surface area (TPSA) is 244 Å². The summed E-state index contributed by atoms with van der Waals surface area (Å²) in [7, 11) is -3.72. The number of esters is 1. The summed E-state index contributed by atoms with van der Waals surface area (Å²) in [6, 6.07) is 18.2. The summed E-state index contributed by atoms with van der Waals surface area (Å²) in [5.74, 6) is -2.61. The monoisotopic (exact) mass is 997 g/mol. The first kappa shape index (κ1) is 51.1. The first-order valence-electron chi connectivity index (χ1n) is 22.3. The molecule has 2 aliphatic heterocycles. The van der Waals surface area contributed by atoms with Crippen molar-refractivity contribution in [2.75, 3.05) is 69.4 Å². The van der Waals surface area contributed by atoms with E-state index < -0.39 is 80.4 Å². The number of hydrogen-bond acceptors (Lipinski definition) is 16. The number of phosphoric acid groups is 1. The van der Waals surface area contributed by atoms with Crippen molar-refractivity contribution in [3.63, 3.8) is 0 Å². The minimum absolute atomic E-state index is 0.0590. The number of hydrogen-bond donors (Lipinski definition) is 2. The van der Waals surface area contributed by atoms with Crippen molar-refractivity contribution in [1.82, 2.24) is 34.0 Å². The molecule has 1 amide bonds. The molecule has 25 heteroatoms. The van der Waals surface area contributed by atoms with Crippen LogP contribution in [0.15, 0.2) is 90.5 Å². The molecule has 376 valence electrons. The van der Waals surface area contributed by atoms with Gasteiger partial charge in [-0.05, 0) is 74.4 Å². The number of benzene rings is 3. The van der Waals surface area contributed by atoms with Crippen LogP contribution >= 0.6 is 7.82 Å². The van der Waals surface area contributed by atoms with Gasteiger partial charge < -0.3 is 48.2 Å². The highest BCUT2D eigenvalue weighted by atomic mass is 31.2. The highest BCUT2D eigenvalue weighted by Gasteiger charge is 2.45. The van der Waals surface area contributed by atoms with Gasteiger partial charge in [0, 0.05) is 69.1 Å². The summed E-state index contributed by atoms with van der Waals surface area (Å²) in [6.07, 6.45) is 1.56. The normalized spacial score (nSPS) is 18.5. The number of carbonyl (C=O) groups is 3. The van der Waals surface area contributed by atoms with Gasteiger partial charge in [-0.1, -0.05) is 13.0 Å². The van der Waals surface area contributed by atoms with Gasteiger partial charge in [0.2, 0.25) is 12.2 Å². The Kier molecular flexibility index (Phi) is 16.3. The number of likely N-dealkylation sites (N-methyl/N-ethyl adjacent to an activating group) is 1. The standard InChI is InChI=1S/C45H54F2N9O13P/c1-5-40(30(2)67-44(60)69-31(3)68-42(58)22-51(4)41(57)25-66-70(61,62)63)56-43(59)55(29-50-56)36-9-7-34(8-10-36)52-16-18-53(19-17-52)35-11-13-37(14-12-35)64-23-32-21-45(65-24-32,26-54-28-48-27-49-54)38-15-6-33(46)20-39(38)47/h6-15,20,27-32,40H,5,16-19,21-26H2,1-4H3,(H2,61,62,63)/t30-,31?,32?,40-,45-/m0/s1. The average Bonchev–Trinajstić information content (AvgIpc) is 4.09. The van der Waals surface area contributed by atoms with E-state index in [4.69, 9.17) is 33.5 Å². The summed E-state index contributed by atoms with van der Waals surface area (Å²) >= 11 is 0. The molecule has 0 saturated carbocycles. The van der Waals surface area contributed by atoms with Crippen LogP contribution in [0.4, 0.5) is 25.0 Å². The molecular weight excluding hydrogens is 944 g/mol. The Morgan fingerprint density at radius 3 is 2.19 bits per heavy atom. The van der Waals surface area contributed by atoms with Crippen LogP contribution in [0.25, 0.3) is 5.69 Å². The Balaban J connectivity index is 0.858. The van der Waals surface area contributed by atoms with Crippen molar-refractivity contribution in [2.45, 2.75) is 64.2 Å². The van der Waals surface area contributed by atoms with Crippen LogP contribution in [0.3, 0.4) is 0 Å². The molecule has 70 heavy (non-hydrogen) atoms. The molecule has 2 N–H and O–H groups in total. The van der Waals surface area contributed by atoms with E-state index in [0.29, 0.717) is 37.5 Å².